The van der Waals surface area contributed by atoms with Crippen LogP contribution >= 0.6 is 0 Å². The average Bonchev–Trinajstić information content (AvgIpc) is 3.78. The third-order valence-corrected chi connectivity index (χ3v) is 11.1. The molecule has 1 saturated heterocycles. The number of amides is 3. The van der Waals surface area contributed by atoms with Gasteiger partial charge in [0, 0.05) is 50.3 Å². The van der Waals surface area contributed by atoms with E-state index in [4.69, 9.17) is 23.4 Å². The van der Waals surface area contributed by atoms with Crippen LogP contribution in [0.2, 0.25) is 0 Å². The quantitative estimate of drug-likeness (QED) is 0.154. The highest BCUT2D eigenvalue weighted by atomic mass is 19.1. The zero-order chi connectivity index (χ0) is 38.1. The van der Waals surface area contributed by atoms with Crippen molar-refractivity contribution in [3.8, 4) is 0 Å². The molecule has 13 heteroatoms. The molecule has 294 valence electrons. The lowest BCUT2D eigenvalue weighted by Crippen LogP contribution is -2.50. The number of benzene rings is 1. The zero-order valence-electron chi connectivity index (χ0n) is 32.0. The van der Waals surface area contributed by atoms with Crippen molar-refractivity contribution < 1.29 is 46.9 Å². The fourth-order valence-electron chi connectivity index (χ4n) is 8.37. The van der Waals surface area contributed by atoms with Crippen LogP contribution in [-0.2, 0) is 28.5 Å². The Hall–Kier alpha value is -3.71. The van der Waals surface area contributed by atoms with E-state index in [0.29, 0.717) is 68.5 Å². The number of nitrogens with zero attached hydrogens (tertiary/aromatic N) is 1. The van der Waals surface area contributed by atoms with Crippen molar-refractivity contribution in [1.29, 1.82) is 0 Å². The number of likely N-dealkylation sites (tertiary alicyclic amines) is 1. The van der Waals surface area contributed by atoms with E-state index in [2.05, 4.69) is 10.6 Å². The van der Waals surface area contributed by atoms with Crippen LogP contribution in [0.15, 0.2) is 28.7 Å². The summed E-state index contributed by atoms with van der Waals surface area (Å²) in [5.74, 6) is -0.875. The van der Waals surface area contributed by atoms with Gasteiger partial charge in [-0.3, -0.25) is 9.59 Å². The van der Waals surface area contributed by atoms with Crippen LogP contribution in [0.4, 0.5) is 14.9 Å². The largest absolute Gasteiger partial charge is 0.460 e. The second kappa shape index (κ2) is 18.6. The van der Waals surface area contributed by atoms with Gasteiger partial charge in [0.25, 0.3) is 0 Å². The van der Waals surface area contributed by atoms with Crippen molar-refractivity contribution >= 4 is 40.5 Å². The fourth-order valence-corrected chi connectivity index (χ4v) is 8.37. The van der Waals surface area contributed by atoms with Crippen molar-refractivity contribution in [2.45, 2.75) is 116 Å². The number of alkyl carbamates (subject to hydrolysis) is 1. The van der Waals surface area contributed by atoms with Crippen molar-refractivity contribution in [2.24, 2.45) is 23.7 Å². The van der Waals surface area contributed by atoms with Gasteiger partial charge in [-0.1, -0.05) is 0 Å². The highest BCUT2D eigenvalue weighted by Gasteiger charge is 2.47. The number of anilines is 1. The minimum Gasteiger partial charge on any atom is -0.460 e. The smallest absolute Gasteiger partial charge is 0.407 e. The third kappa shape index (κ3) is 10.7. The maximum atomic E-state index is 14.3. The van der Waals surface area contributed by atoms with E-state index in [0.717, 1.165) is 32.1 Å². The van der Waals surface area contributed by atoms with Crippen LogP contribution in [-0.4, -0.2) is 92.7 Å². The molecule has 5 rings (SSSR count). The van der Waals surface area contributed by atoms with Gasteiger partial charge in [-0.15, -0.1) is 0 Å². The SMILES string of the molecule is CCOCCCOC(=O)c1cc2cc(NC(=O)[C@H]3[C@H](C4CCC(OC)CC4)CCN3C(=O)C3CCC([C@@H](CF)NC(=O)OC(C)(C)C)CC3)ccc2o1. The van der Waals surface area contributed by atoms with E-state index in [9.17, 15) is 23.6 Å². The van der Waals surface area contributed by atoms with Gasteiger partial charge in [0.2, 0.25) is 17.6 Å². The van der Waals surface area contributed by atoms with Crippen molar-refractivity contribution in [3.05, 3.63) is 30.0 Å². The Labute approximate surface area is 312 Å². The lowest BCUT2D eigenvalue weighted by molar-refractivity contribution is -0.142. The molecule has 1 aromatic carbocycles. The molecule has 1 aliphatic heterocycles. The van der Waals surface area contributed by atoms with Gasteiger partial charge in [-0.25, -0.2) is 14.0 Å². The number of hydrogen-bond acceptors (Lipinski definition) is 9. The van der Waals surface area contributed by atoms with Crippen LogP contribution in [0, 0.1) is 23.7 Å². The Bertz CT molecular complexity index is 1540. The molecule has 2 aliphatic carbocycles. The van der Waals surface area contributed by atoms with E-state index in [1.165, 1.54) is 0 Å². The number of carbonyl (C=O) groups excluding carboxylic acids is 4. The summed E-state index contributed by atoms with van der Waals surface area (Å²) in [4.78, 5) is 55.3. The number of halogens is 1. The second-order valence-electron chi connectivity index (χ2n) is 15.8. The lowest BCUT2D eigenvalue weighted by Gasteiger charge is -2.38. The molecule has 2 heterocycles. The van der Waals surface area contributed by atoms with Crippen LogP contribution < -0.4 is 10.6 Å². The van der Waals surface area contributed by atoms with Crippen LogP contribution in [0.25, 0.3) is 11.0 Å². The van der Waals surface area contributed by atoms with Crippen LogP contribution in [0.3, 0.4) is 0 Å². The maximum Gasteiger partial charge on any atom is 0.407 e. The van der Waals surface area contributed by atoms with Crippen molar-refractivity contribution in [3.63, 3.8) is 0 Å². The van der Waals surface area contributed by atoms with Gasteiger partial charge < -0.3 is 38.9 Å². The third-order valence-electron chi connectivity index (χ3n) is 11.1. The Morgan fingerprint density at radius 2 is 1.72 bits per heavy atom. The number of methoxy groups -OCH3 is 1. The Morgan fingerprint density at radius 1 is 0.981 bits per heavy atom. The summed E-state index contributed by atoms with van der Waals surface area (Å²) in [5, 5.41) is 6.42. The normalized spacial score (nSPS) is 25.5. The lowest BCUT2D eigenvalue weighted by atomic mass is 9.75. The molecule has 0 spiro atoms. The van der Waals surface area contributed by atoms with Gasteiger partial charge in [0.1, 0.15) is 23.9 Å². The first-order valence-corrected chi connectivity index (χ1v) is 19.4. The summed E-state index contributed by atoms with van der Waals surface area (Å²) < 4.78 is 41.4. The van der Waals surface area contributed by atoms with Crippen molar-refractivity contribution in [1.82, 2.24) is 10.2 Å². The highest BCUT2D eigenvalue weighted by Crippen LogP contribution is 2.42. The number of nitrogens with one attached hydrogen (secondary N) is 2. The molecule has 1 aromatic heterocycles. The minimum absolute atomic E-state index is 0.00352. The molecule has 0 bridgehead atoms. The monoisotopic (exact) mass is 743 g/mol. The summed E-state index contributed by atoms with van der Waals surface area (Å²) in [7, 11) is 1.74. The summed E-state index contributed by atoms with van der Waals surface area (Å²) in [6, 6.07) is 5.48. The Kier molecular flexibility index (Phi) is 14.2. The highest BCUT2D eigenvalue weighted by molar-refractivity contribution is 6.00. The fraction of sp³-hybridized carbons (Fsp3) is 0.700. The zero-order valence-corrected chi connectivity index (χ0v) is 32.0. The summed E-state index contributed by atoms with van der Waals surface area (Å²) in [6.07, 6.45) is 6.88. The molecule has 2 aromatic rings. The first kappa shape index (κ1) is 40.5. The molecule has 3 aliphatic rings. The first-order valence-electron chi connectivity index (χ1n) is 19.4. The minimum atomic E-state index is -0.713. The maximum absolute atomic E-state index is 14.3. The number of esters is 1. The molecular weight excluding hydrogens is 685 g/mol. The number of alkyl halides is 1. The summed E-state index contributed by atoms with van der Waals surface area (Å²) in [6.45, 7) is 8.29. The van der Waals surface area contributed by atoms with E-state index in [-0.39, 0.29) is 54.0 Å². The van der Waals surface area contributed by atoms with Gasteiger partial charge in [-0.05, 0) is 128 Å². The molecule has 3 atom stereocenters. The predicted octanol–water partition coefficient (Wildman–Crippen LogP) is 7.05. The number of hydrogen-bond donors (Lipinski definition) is 2. The number of ether oxygens (including phenoxy) is 4. The summed E-state index contributed by atoms with van der Waals surface area (Å²) >= 11 is 0. The molecule has 53 heavy (non-hydrogen) atoms. The molecule has 3 amide bonds. The first-order chi connectivity index (χ1) is 25.4. The number of fused-ring (bicyclic) bond motifs is 1. The predicted molar refractivity (Wildman–Crippen MR) is 197 cm³/mol. The topological polar surface area (TPSA) is 146 Å². The van der Waals surface area contributed by atoms with Gasteiger partial charge >= 0.3 is 12.1 Å². The van der Waals surface area contributed by atoms with Crippen LogP contribution in [0.5, 0.6) is 0 Å². The average molecular weight is 744 g/mol. The molecule has 2 saturated carbocycles. The molecular formula is C40H58FN3O9. The molecule has 0 radical (unpaired) electrons. The molecule has 2 N–H and O–H groups in total. The van der Waals surface area contributed by atoms with E-state index in [1.807, 2.05) is 6.92 Å². The second-order valence-corrected chi connectivity index (χ2v) is 15.8. The summed E-state index contributed by atoms with van der Waals surface area (Å²) in [5.41, 5.74) is 0.335. The number of furan rings is 1. The number of carbonyl (C=O) groups is 4. The van der Waals surface area contributed by atoms with E-state index < -0.39 is 36.4 Å². The Morgan fingerprint density at radius 3 is 2.38 bits per heavy atom. The van der Waals surface area contributed by atoms with E-state index >= 15 is 0 Å². The van der Waals surface area contributed by atoms with Gasteiger partial charge in [0.15, 0.2) is 0 Å². The van der Waals surface area contributed by atoms with Crippen molar-refractivity contribution in [2.75, 3.05) is 45.5 Å². The van der Waals surface area contributed by atoms with Gasteiger partial charge in [-0.2, -0.15) is 0 Å². The van der Waals surface area contributed by atoms with Crippen LogP contribution in [0.1, 0.15) is 102 Å². The number of rotatable bonds is 14. The van der Waals surface area contributed by atoms with E-state index in [1.54, 1.807) is 57.0 Å². The molecule has 3 fully saturated rings. The molecule has 12 nitrogen and oxygen atoms in total. The Balaban J connectivity index is 1.26. The molecule has 0 unspecified atom stereocenters. The standard InChI is InChI=1S/C40H58FN3O9/c1-6-50-20-7-21-51-38(47)34-23-28-22-29(14-17-33(28)52-34)42-36(45)35-31(25-12-15-30(49-5)16-13-25)18-19-44(35)37(46)27-10-8-26(9-11-27)32(24-41)43-39(48)53-40(2,3)4/h14,17,22-23,25-27,30-32,35H,6-13,15-16,18-21,24H2,1-5H3,(H,42,45)(H,43,48)/t25?,26?,27?,30?,31-,32+,35+/m0/s1. The van der Waals surface area contributed by atoms with Gasteiger partial charge in [0.05, 0.1) is 18.8 Å².